The molecule has 7 heteroatoms. The third kappa shape index (κ3) is 6.40. The number of nitrogens with one attached hydrogen (secondary N) is 1. The van der Waals surface area contributed by atoms with Crippen LogP contribution >= 0.6 is 36.6 Å². The second-order valence-electron chi connectivity index (χ2n) is 5.94. The predicted molar refractivity (Wildman–Crippen MR) is 117 cm³/mol. The molecule has 1 fully saturated rings. The van der Waals surface area contributed by atoms with Gasteiger partial charge >= 0.3 is 0 Å². The van der Waals surface area contributed by atoms with Crippen LogP contribution in [0.4, 0.5) is 11.4 Å². The van der Waals surface area contributed by atoms with E-state index in [4.69, 9.17) is 5.73 Å². The first-order valence-electron chi connectivity index (χ1n) is 8.27. The molecule has 2 aromatic carbocycles. The van der Waals surface area contributed by atoms with Gasteiger partial charge in [-0.05, 0) is 36.2 Å². The predicted octanol–water partition coefficient (Wildman–Crippen LogP) is 3.96. The average Bonchev–Trinajstić information content (AvgIpc) is 2.62. The lowest BCUT2D eigenvalue weighted by Gasteiger charge is -2.26. The van der Waals surface area contributed by atoms with E-state index in [9.17, 15) is 4.79 Å². The summed E-state index contributed by atoms with van der Waals surface area (Å²) < 4.78 is 0. The molecule has 1 saturated heterocycles. The van der Waals surface area contributed by atoms with Crippen LogP contribution in [0.2, 0.25) is 0 Å². The molecule has 0 aromatic heterocycles. The fourth-order valence-electron chi connectivity index (χ4n) is 2.77. The van der Waals surface area contributed by atoms with Gasteiger partial charge in [-0.25, -0.2) is 0 Å². The van der Waals surface area contributed by atoms with Crippen molar-refractivity contribution in [2.24, 2.45) is 0 Å². The van der Waals surface area contributed by atoms with Gasteiger partial charge in [0.1, 0.15) is 0 Å². The first kappa shape index (κ1) is 22.6. The molecule has 26 heavy (non-hydrogen) atoms. The Morgan fingerprint density at radius 1 is 1.04 bits per heavy atom. The summed E-state index contributed by atoms with van der Waals surface area (Å²) in [6, 6.07) is 15.2. The Kier molecular flexibility index (Phi) is 9.88. The van der Waals surface area contributed by atoms with Gasteiger partial charge in [0.05, 0.1) is 5.56 Å². The average molecular weight is 414 g/mol. The van der Waals surface area contributed by atoms with Crippen molar-refractivity contribution in [1.29, 1.82) is 0 Å². The van der Waals surface area contributed by atoms with Crippen molar-refractivity contribution in [2.45, 2.75) is 6.42 Å². The number of thioether (sulfide) groups is 1. The van der Waals surface area contributed by atoms with Gasteiger partial charge in [0.25, 0.3) is 5.91 Å². The molecule has 0 spiro atoms. The Labute approximate surface area is 171 Å². The van der Waals surface area contributed by atoms with Crippen LogP contribution in [0.3, 0.4) is 0 Å². The van der Waals surface area contributed by atoms with Crippen molar-refractivity contribution < 1.29 is 4.79 Å². The molecule has 3 N–H and O–H groups in total. The van der Waals surface area contributed by atoms with Crippen LogP contribution in [-0.4, -0.2) is 41.9 Å². The van der Waals surface area contributed by atoms with Gasteiger partial charge < -0.3 is 16.0 Å². The highest BCUT2D eigenvalue weighted by Crippen LogP contribution is 2.16. The maximum atomic E-state index is 12.3. The van der Waals surface area contributed by atoms with Gasteiger partial charge in [-0.1, -0.05) is 24.3 Å². The van der Waals surface area contributed by atoms with E-state index in [-0.39, 0.29) is 30.7 Å². The Balaban J connectivity index is 0.00000169. The molecule has 1 aliphatic heterocycles. The lowest BCUT2D eigenvalue weighted by molar-refractivity contribution is 0.102. The molecule has 0 radical (unpaired) electrons. The molecule has 2 aromatic rings. The van der Waals surface area contributed by atoms with Crippen molar-refractivity contribution in [3.8, 4) is 0 Å². The number of nitrogens with zero attached hydrogens (tertiary/aromatic N) is 1. The second-order valence-corrected chi connectivity index (χ2v) is 7.17. The van der Waals surface area contributed by atoms with Crippen LogP contribution in [0.25, 0.3) is 0 Å². The van der Waals surface area contributed by atoms with E-state index in [0.29, 0.717) is 11.3 Å². The highest BCUT2D eigenvalue weighted by Gasteiger charge is 2.11. The van der Waals surface area contributed by atoms with Crippen LogP contribution in [0.1, 0.15) is 15.9 Å². The number of carbonyl (C=O) groups excluding carboxylic acids is 1. The highest BCUT2D eigenvalue weighted by molar-refractivity contribution is 7.99. The number of halogens is 2. The SMILES string of the molecule is Cl.Cl.Nc1ccccc1C(=O)Nc1ccc(CCN2CCSCC2)cc1. The molecule has 1 aliphatic rings. The summed E-state index contributed by atoms with van der Waals surface area (Å²) in [4.78, 5) is 14.8. The number of hydrogen-bond donors (Lipinski definition) is 2. The quantitative estimate of drug-likeness (QED) is 0.728. The smallest absolute Gasteiger partial charge is 0.257 e. The van der Waals surface area contributed by atoms with Crippen molar-refractivity contribution in [1.82, 2.24) is 4.90 Å². The van der Waals surface area contributed by atoms with Crippen LogP contribution in [0.15, 0.2) is 48.5 Å². The number of carbonyl (C=O) groups is 1. The minimum absolute atomic E-state index is 0. The van der Waals surface area contributed by atoms with Crippen molar-refractivity contribution >= 4 is 53.9 Å². The topological polar surface area (TPSA) is 58.4 Å². The summed E-state index contributed by atoms with van der Waals surface area (Å²) in [6.07, 6.45) is 1.05. The van der Waals surface area contributed by atoms with Gasteiger partial charge in [-0.3, -0.25) is 4.79 Å². The van der Waals surface area contributed by atoms with Gasteiger partial charge in [0.15, 0.2) is 0 Å². The lowest BCUT2D eigenvalue weighted by atomic mass is 10.1. The molecule has 0 aliphatic carbocycles. The zero-order valence-electron chi connectivity index (χ0n) is 14.5. The largest absolute Gasteiger partial charge is 0.398 e. The maximum Gasteiger partial charge on any atom is 0.257 e. The van der Waals surface area contributed by atoms with Crippen LogP contribution in [0, 0.1) is 0 Å². The number of hydrogen-bond acceptors (Lipinski definition) is 4. The summed E-state index contributed by atoms with van der Waals surface area (Å²) in [5.41, 5.74) is 8.93. The van der Waals surface area contributed by atoms with Gasteiger partial charge in [-0.2, -0.15) is 11.8 Å². The summed E-state index contributed by atoms with van der Waals surface area (Å²) in [6.45, 7) is 3.49. The summed E-state index contributed by atoms with van der Waals surface area (Å²) in [5, 5.41) is 2.90. The monoisotopic (exact) mass is 413 g/mol. The number of rotatable bonds is 5. The Bertz CT molecular complexity index is 691. The number of anilines is 2. The molecule has 142 valence electrons. The number of nitrogens with two attached hydrogens (primary N) is 1. The number of nitrogen functional groups attached to an aromatic ring is 1. The summed E-state index contributed by atoms with van der Waals surface area (Å²) in [7, 11) is 0. The Hall–Kier alpha value is -1.40. The molecule has 0 unspecified atom stereocenters. The minimum atomic E-state index is -0.174. The molecular weight excluding hydrogens is 389 g/mol. The Morgan fingerprint density at radius 2 is 1.69 bits per heavy atom. The van der Waals surface area contributed by atoms with E-state index in [1.807, 2.05) is 36.0 Å². The van der Waals surface area contributed by atoms with E-state index in [1.165, 1.54) is 30.2 Å². The minimum Gasteiger partial charge on any atom is -0.398 e. The summed E-state index contributed by atoms with van der Waals surface area (Å²) >= 11 is 2.04. The molecule has 1 amide bonds. The van der Waals surface area contributed by atoms with Gasteiger partial charge in [-0.15, -0.1) is 24.8 Å². The van der Waals surface area contributed by atoms with Crippen LogP contribution < -0.4 is 11.1 Å². The standard InChI is InChI=1S/C19H23N3OS.2ClH/c20-18-4-2-1-3-17(18)19(23)21-16-7-5-15(6-8-16)9-10-22-11-13-24-14-12-22;;/h1-8H,9-14,20H2,(H,21,23);2*1H. The molecular formula is C19H25Cl2N3OS. The zero-order chi connectivity index (χ0) is 16.8. The first-order valence-corrected chi connectivity index (χ1v) is 9.43. The van der Waals surface area contributed by atoms with Gasteiger partial charge in [0.2, 0.25) is 0 Å². The molecule has 3 rings (SSSR count). The molecule has 0 saturated carbocycles. The van der Waals surface area contributed by atoms with Crippen LogP contribution in [0.5, 0.6) is 0 Å². The lowest BCUT2D eigenvalue weighted by Crippen LogP contribution is -2.34. The van der Waals surface area contributed by atoms with Crippen molar-refractivity contribution in [3.05, 3.63) is 59.7 Å². The molecule has 0 bridgehead atoms. The number of benzene rings is 2. The van der Waals surface area contributed by atoms with E-state index in [1.54, 1.807) is 12.1 Å². The van der Waals surface area contributed by atoms with E-state index >= 15 is 0 Å². The van der Waals surface area contributed by atoms with Crippen molar-refractivity contribution in [2.75, 3.05) is 42.2 Å². The highest BCUT2D eigenvalue weighted by atomic mass is 35.5. The fraction of sp³-hybridized carbons (Fsp3) is 0.316. The third-order valence-corrected chi connectivity index (χ3v) is 5.18. The molecule has 1 heterocycles. The number of amides is 1. The molecule has 0 atom stereocenters. The zero-order valence-corrected chi connectivity index (χ0v) is 17.0. The van der Waals surface area contributed by atoms with Gasteiger partial charge in [0, 0.05) is 42.5 Å². The maximum absolute atomic E-state index is 12.3. The third-order valence-electron chi connectivity index (χ3n) is 4.24. The van der Waals surface area contributed by atoms with Crippen molar-refractivity contribution in [3.63, 3.8) is 0 Å². The first-order chi connectivity index (χ1) is 11.7. The number of para-hydroxylation sites is 1. The van der Waals surface area contributed by atoms with Crippen LogP contribution in [-0.2, 0) is 6.42 Å². The molecule has 4 nitrogen and oxygen atoms in total. The normalized spacial score (nSPS) is 14.0. The summed E-state index contributed by atoms with van der Waals surface area (Å²) in [5.74, 6) is 2.31. The second kappa shape index (κ2) is 11.3. The Morgan fingerprint density at radius 3 is 2.35 bits per heavy atom. The fourth-order valence-corrected chi connectivity index (χ4v) is 3.75. The van der Waals surface area contributed by atoms with E-state index < -0.39 is 0 Å². The van der Waals surface area contributed by atoms with E-state index in [0.717, 1.165) is 18.7 Å². The van der Waals surface area contributed by atoms with E-state index in [2.05, 4.69) is 22.3 Å².